The maximum atomic E-state index is 11.8. The Morgan fingerprint density at radius 2 is 2.19 bits per heavy atom. The van der Waals surface area contributed by atoms with Crippen LogP contribution in [0.15, 0.2) is 32.9 Å². The second-order valence-corrected chi connectivity index (χ2v) is 3.20. The van der Waals surface area contributed by atoms with E-state index in [-0.39, 0.29) is 16.5 Å². The number of nitrogens with zero attached hydrogens (tertiary/aromatic N) is 2. The number of aromatic amines is 1. The van der Waals surface area contributed by atoms with Gasteiger partial charge in [-0.2, -0.15) is 0 Å². The molecule has 1 aromatic carbocycles. The molecule has 0 aliphatic carbocycles. The number of hydrogen-bond acceptors (Lipinski definition) is 5. The maximum Gasteiger partial charge on any atom is 0.295 e. The van der Waals surface area contributed by atoms with E-state index in [0.29, 0.717) is 0 Å². The zero-order chi connectivity index (χ0) is 11.7. The van der Waals surface area contributed by atoms with Gasteiger partial charge in [0, 0.05) is 5.69 Å². The Balaban J connectivity index is 3.08. The molecular weight excluding hydrogens is 228 g/mol. The van der Waals surface area contributed by atoms with Gasteiger partial charge in [0.15, 0.2) is 0 Å². The van der Waals surface area contributed by atoms with Gasteiger partial charge in [-0.15, -0.1) is 4.79 Å². The second-order valence-electron chi connectivity index (χ2n) is 3.02. The molecule has 0 unspecified atom stereocenters. The van der Waals surface area contributed by atoms with Crippen molar-refractivity contribution in [3.8, 4) is 0 Å². The molecule has 0 amide bonds. The molecule has 0 aliphatic heterocycles. The van der Waals surface area contributed by atoms with E-state index in [2.05, 4.69) is 22.4 Å². The number of nitrogens with two attached hydrogens (primary N) is 1. The van der Waals surface area contributed by atoms with Crippen LogP contribution in [0.5, 0.6) is 0 Å². The Morgan fingerprint density at radius 1 is 1.44 bits per heavy atom. The summed E-state index contributed by atoms with van der Waals surface area (Å²) in [5, 5.41) is 8.00. The Labute approximate surface area is 94.0 Å². The van der Waals surface area contributed by atoms with E-state index in [1.807, 2.05) is 5.16 Å². The van der Waals surface area contributed by atoms with Crippen molar-refractivity contribution < 1.29 is 0 Å². The van der Waals surface area contributed by atoms with Gasteiger partial charge in [-0.1, -0.05) is 11.2 Å². The van der Waals surface area contributed by atoms with Crippen LogP contribution in [0.2, 0.25) is 0 Å². The minimum atomic E-state index is -0.501. The normalized spacial score (nSPS) is 10.0. The van der Waals surface area contributed by atoms with Gasteiger partial charge in [-0.25, -0.2) is 5.10 Å². The predicted molar refractivity (Wildman–Crippen MR) is 63.7 cm³/mol. The second kappa shape index (κ2) is 3.73. The molecule has 2 rings (SSSR count). The summed E-state index contributed by atoms with van der Waals surface area (Å²) < 4.78 is 0. The lowest BCUT2D eigenvalue weighted by molar-refractivity contribution is 0.687. The highest BCUT2D eigenvalue weighted by molar-refractivity contribution is 7.78. The van der Waals surface area contributed by atoms with Crippen LogP contribution in [0.3, 0.4) is 0 Å². The van der Waals surface area contributed by atoms with E-state index in [1.165, 1.54) is 6.07 Å². The molecule has 0 saturated heterocycles. The summed E-state index contributed by atoms with van der Waals surface area (Å²) in [6, 6.07) is 4.63. The lowest BCUT2D eigenvalue weighted by atomic mass is 10.1. The molecule has 1 aromatic heterocycles. The van der Waals surface area contributed by atoms with E-state index in [1.54, 1.807) is 12.1 Å². The lowest BCUT2D eigenvalue weighted by Crippen LogP contribution is -2.27. The van der Waals surface area contributed by atoms with E-state index in [4.69, 9.17) is 5.73 Å². The van der Waals surface area contributed by atoms with Gasteiger partial charge < -0.3 is 5.73 Å². The van der Waals surface area contributed by atoms with Gasteiger partial charge >= 0.3 is 0 Å². The van der Waals surface area contributed by atoms with Crippen LogP contribution in [0.25, 0.3) is 10.8 Å². The van der Waals surface area contributed by atoms with Crippen molar-refractivity contribution in [1.29, 1.82) is 0 Å². The van der Waals surface area contributed by atoms with Gasteiger partial charge in [-0.3, -0.25) is 9.59 Å². The van der Waals surface area contributed by atoms with Crippen LogP contribution < -0.4 is 16.9 Å². The molecule has 6 nitrogen and oxygen atoms in total. The van der Waals surface area contributed by atoms with Crippen molar-refractivity contribution in [2.24, 2.45) is 5.10 Å². The number of rotatable bonds is 1. The average Bonchev–Trinajstić information content (AvgIpc) is 2.25. The minimum absolute atomic E-state index is 0.156. The highest BCUT2D eigenvalue weighted by Crippen LogP contribution is 2.12. The third-order valence-electron chi connectivity index (χ3n) is 2.09. The van der Waals surface area contributed by atoms with Gasteiger partial charge in [0.25, 0.3) is 11.1 Å². The van der Waals surface area contributed by atoms with E-state index >= 15 is 0 Å². The molecule has 80 valence electrons. The number of aromatic nitrogens is 2. The minimum Gasteiger partial charge on any atom is -0.398 e. The number of benzene rings is 1. The van der Waals surface area contributed by atoms with Crippen molar-refractivity contribution in [1.82, 2.24) is 9.89 Å². The van der Waals surface area contributed by atoms with Crippen molar-refractivity contribution in [2.45, 2.75) is 0 Å². The predicted octanol–water partition coefficient (Wildman–Crippen LogP) is 0.138. The fraction of sp³-hybridized carbons (Fsp3) is 0. The molecule has 16 heavy (non-hydrogen) atoms. The Kier molecular flexibility index (Phi) is 2.40. The van der Waals surface area contributed by atoms with E-state index in [9.17, 15) is 9.59 Å². The molecular formula is C9H6N4O2S. The SMILES string of the molecule is Nc1cccc2c(=O)n(N=C=S)[nH]c(=O)c12. The third kappa shape index (κ3) is 1.44. The standard InChI is InChI=1S/C9H6N4O2S/c10-6-3-1-2-5-7(6)8(14)12-13(9(5)15)11-4-16/h1-3H,10H2,(H,12,14). The quantitative estimate of drug-likeness (QED) is 0.417. The molecule has 0 radical (unpaired) electrons. The van der Waals surface area contributed by atoms with Gasteiger partial charge in [0.1, 0.15) is 0 Å². The first kappa shape index (κ1) is 10.3. The van der Waals surface area contributed by atoms with Crippen LogP contribution in [-0.4, -0.2) is 15.1 Å². The monoisotopic (exact) mass is 234 g/mol. The number of hydrogen-bond donors (Lipinski definition) is 2. The first-order chi connectivity index (χ1) is 7.65. The fourth-order valence-corrected chi connectivity index (χ4v) is 1.51. The Morgan fingerprint density at radius 3 is 2.88 bits per heavy atom. The van der Waals surface area contributed by atoms with Crippen molar-refractivity contribution >= 4 is 33.8 Å². The summed E-state index contributed by atoms with van der Waals surface area (Å²) in [4.78, 5) is 24.1. The van der Waals surface area contributed by atoms with Crippen LogP contribution in [0, 0.1) is 0 Å². The molecule has 0 atom stereocenters. The zero-order valence-electron chi connectivity index (χ0n) is 7.93. The molecule has 2 aromatic rings. The summed E-state index contributed by atoms with van der Waals surface area (Å²) in [6.45, 7) is 0. The van der Waals surface area contributed by atoms with Crippen LogP contribution in [-0.2, 0) is 0 Å². The lowest BCUT2D eigenvalue weighted by Gasteiger charge is -2.01. The summed E-state index contributed by atoms with van der Waals surface area (Å²) in [5.74, 6) is 0. The summed E-state index contributed by atoms with van der Waals surface area (Å²) in [7, 11) is 0. The van der Waals surface area contributed by atoms with Crippen LogP contribution in [0.4, 0.5) is 5.69 Å². The molecule has 0 aliphatic rings. The first-order valence-electron chi connectivity index (χ1n) is 4.27. The number of nitrogens with one attached hydrogen (secondary N) is 1. The van der Waals surface area contributed by atoms with Crippen LogP contribution >= 0.6 is 12.2 Å². The fourth-order valence-electron chi connectivity index (χ4n) is 1.43. The molecule has 0 saturated carbocycles. The number of thiocarbonyl (C=S) groups is 1. The van der Waals surface area contributed by atoms with Gasteiger partial charge in [-0.05, 0) is 24.4 Å². The van der Waals surface area contributed by atoms with Crippen molar-refractivity contribution in [3.05, 3.63) is 38.9 Å². The maximum absolute atomic E-state index is 11.8. The zero-order valence-corrected chi connectivity index (χ0v) is 8.75. The van der Waals surface area contributed by atoms with Gasteiger partial charge in [0.05, 0.1) is 15.9 Å². The molecule has 0 spiro atoms. The van der Waals surface area contributed by atoms with Crippen molar-refractivity contribution in [3.63, 3.8) is 0 Å². The first-order valence-corrected chi connectivity index (χ1v) is 4.67. The topological polar surface area (TPSA) is 93.2 Å². The largest absolute Gasteiger partial charge is 0.398 e. The van der Waals surface area contributed by atoms with Crippen molar-refractivity contribution in [2.75, 3.05) is 5.73 Å². The summed E-state index contributed by atoms with van der Waals surface area (Å²) in [6.07, 6.45) is 0. The smallest absolute Gasteiger partial charge is 0.295 e. The van der Waals surface area contributed by atoms with E-state index < -0.39 is 11.1 Å². The molecule has 3 N–H and O–H groups in total. The van der Waals surface area contributed by atoms with Gasteiger partial charge in [0.2, 0.25) is 0 Å². The highest BCUT2D eigenvalue weighted by atomic mass is 32.1. The number of H-pyrrole nitrogens is 1. The van der Waals surface area contributed by atoms with Crippen LogP contribution in [0.1, 0.15) is 0 Å². The van der Waals surface area contributed by atoms with E-state index in [0.717, 1.165) is 4.79 Å². The molecule has 1 heterocycles. The Hall–Kier alpha value is -2.24. The number of nitrogen functional groups attached to an aromatic ring is 1. The number of fused-ring (bicyclic) bond motifs is 1. The summed E-state index contributed by atoms with van der Waals surface area (Å²) in [5.41, 5.74) is 4.86. The average molecular weight is 234 g/mol. The highest BCUT2D eigenvalue weighted by Gasteiger charge is 2.08. The molecule has 0 bridgehead atoms. The third-order valence-corrected chi connectivity index (χ3v) is 2.18. The number of isothiocyanates is 1. The Bertz CT molecular complexity index is 724. The summed E-state index contributed by atoms with van der Waals surface area (Å²) >= 11 is 4.36. The molecule has 7 heteroatoms. The number of anilines is 1. The molecule has 0 fully saturated rings.